The summed E-state index contributed by atoms with van der Waals surface area (Å²) in [6, 6.07) is 15.5. The van der Waals surface area contributed by atoms with Gasteiger partial charge in [-0.05, 0) is 30.3 Å². The minimum atomic E-state index is -3.40. The van der Waals surface area contributed by atoms with Gasteiger partial charge in [-0.25, -0.2) is 0 Å². The monoisotopic (exact) mass is 408 g/mol. The Morgan fingerprint density at radius 3 is 2.42 bits per heavy atom. The summed E-state index contributed by atoms with van der Waals surface area (Å²) in [4.78, 5) is 3.20. The van der Waals surface area contributed by atoms with Crippen molar-refractivity contribution < 1.29 is 13.6 Å². The van der Waals surface area contributed by atoms with Crippen molar-refractivity contribution in [2.45, 2.75) is 5.78 Å². The molecule has 126 valence electrons. The Labute approximate surface area is 149 Å². The molecule has 0 bridgehead atoms. The second-order valence-electron chi connectivity index (χ2n) is 5.25. The third kappa shape index (κ3) is 3.28. The van der Waals surface area contributed by atoms with Gasteiger partial charge in [0.2, 0.25) is 0 Å². The van der Waals surface area contributed by atoms with E-state index in [2.05, 4.69) is 26.2 Å². The highest BCUT2D eigenvalue weighted by molar-refractivity contribution is 9.10. The zero-order valence-corrected chi connectivity index (χ0v) is 15.8. The van der Waals surface area contributed by atoms with Crippen LogP contribution in [0.4, 0.5) is 5.69 Å². The molecule has 3 aromatic rings. The largest absolute Gasteiger partial charge is 0.368 e. The van der Waals surface area contributed by atoms with Crippen molar-refractivity contribution >= 4 is 40.1 Å². The van der Waals surface area contributed by atoms with Crippen LogP contribution in [0.15, 0.2) is 59.2 Å². The summed E-state index contributed by atoms with van der Waals surface area (Å²) in [6.07, 6.45) is 1.84. The highest BCUT2D eigenvalue weighted by Gasteiger charge is 2.37. The van der Waals surface area contributed by atoms with Crippen LogP contribution >= 0.6 is 23.5 Å². The first-order valence-corrected chi connectivity index (χ1v) is 9.77. The van der Waals surface area contributed by atoms with Gasteiger partial charge in [-0.1, -0.05) is 34.1 Å². The zero-order chi connectivity index (χ0) is 17.2. The van der Waals surface area contributed by atoms with Gasteiger partial charge in [0.05, 0.1) is 0 Å². The molecule has 0 amide bonds. The fourth-order valence-corrected chi connectivity index (χ4v) is 4.33. The normalized spacial score (nSPS) is 13.1. The molecular weight excluding hydrogens is 391 g/mol. The van der Waals surface area contributed by atoms with Crippen molar-refractivity contribution in [3.63, 3.8) is 0 Å². The molecule has 0 aliphatic carbocycles. The smallest absolute Gasteiger partial charge is 0.356 e. The second kappa shape index (κ2) is 7.11. The van der Waals surface area contributed by atoms with Crippen LogP contribution in [0.3, 0.4) is 0 Å². The Kier molecular flexibility index (Phi) is 5.11. The molecule has 7 heteroatoms. The highest BCUT2D eigenvalue weighted by atomic mass is 79.9. The number of aromatic amines is 1. The molecule has 0 aliphatic heterocycles. The number of rotatable bonds is 6. The lowest BCUT2D eigenvalue weighted by atomic mass is 10.1. The van der Waals surface area contributed by atoms with Crippen molar-refractivity contribution in [2.24, 2.45) is 0 Å². The third-order valence-electron chi connectivity index (χ3n) is 3.89. The number of nitrogens with one attached hydrogen (secondary N) is 2. The van der Waals surface area contributed by atoms with Crippen molar-refractivity contribution in [1.29, 1.82) is 0 Å². The predicted octanol–water partition coefficient (Wildman–Crippen LogP) is 5.53. The number of anilines is 1. The van der Waals surface area contributed by atoms with Gasteiger partial charge in [-0.15, -0.1) is 0 Å². The molecule has 0 aliphatic rings. The summed E-state index contributed by atoms with van der Waals surface area (Å²) in [5.41, 5.74) is 2.62. The summed E-state index contributed by atoms with van der Waals surface area (Å²) in [5, 5.41) is 4.26. The molecule has 1 atom stereocenters. The van der Waals surface area contributed by atoms with Gasteiger partial charge >= 0.3 is 7.60 Å². The first kappa shape index (κ1) is 17.2. The van der Waals surface area contributed by atoms with E-state index in [0.29, 0.717) is 0 Å². The Hall–Kier alpha value is -1.59. The molecule has 0 fully saturated rings. The van der Waals surface area contributed by atoms with Crippen LogP contribution < -0.4 is 5.32 Å². The molecule has 0 saturated carbocycles. The standard InChI is InChI=1S/C17H18BrN2O3P/c1-22-24(21,23-2)17(20-13-9-7-12(18)8-10-13)15-11-19-16-6-4-3-5-14(15)16/h3-11,17,19-20H,1-2H3/t17-/m0/s1. The maximum atomic E-state index is 13.1. The van der Waals surface area contributed by atoms with Gasteiger partial charge in [-0.2, -0.15) is 0 Å². The van der Waals surface area contributed by atoms with E-state index in [4.69, 9.17) is 9.05 Å². The van der Waals surface area contributed by atoms with Crippen LogP contribution in [-0.4, -0.2) is 19.2 Å². The number of aromatic nitrogens is 1. The Bertz CT molecular complexity index is 871. The maximum Gasteiger partial charge on any atom is 0.356 e. The summed E-state index contributed by atoms with van der Waals surface area (Å²) < 4.78 is 24.6. The average Bonchev–Trinajstić information content (AvgIpc) is 3.04. The minimum Gasteiger partial charge on any atom is -0.368 e. The Balaban J connectivity index is 2.08. The van der Waals surface area contributed by atoms with Crippen LogP contribution in [0.5, 0.6) is 0 Å². The van der Waals surface area contributed by atoms with Gasteiger partial charge in [0, 0.05) is 47.0 Å². The lowest BCUT2D eigenvalue weighted by Crippen LogP contribution is -2.13. The van der Waals surface area contributed by atoms with E-state index in [0.717, 1.165) is 26.6 Å². The molecule has 0 radical (unpaired) electrons. The molecule has 2 aromatic carbocycles. The maximum absolute atomic E-state index is 13.1. The molecule has 1 aromatic heterocycles. The topological polar surface area (TPSA) is 63.4 Å². The fraction of sp³-hybridized carbons (Fsp3) is 0.176. The zero-order valence-electron chi connectivity index (χ0n) is 13.3. The summed E-state index contributed by atoms with van der Waals surface area (Å²) in [5.74, 6) is -0.634. The number of halogens is 1. The van der Waals surface area contributed by atoms with Crippen molar-refractivity contribution in [3.05, 3.63) is 64.8 Å². The quantitative estimate of drug-likeness (QED) is 0.526. The van der Waals surface area contributed by atoms with Crippen molar-refractivity contribution in [3.8, 4) is 0 Å². The number of H-pyrrole nitrogens is 1. The number of hydrogen-bond donors (Lipinski definition) is 2. The molecule has 0 saturated heterocycles. The lowest BCUT2D eigenvalue weighted by molar-refractivity contribution is 0.268. The number of para-hydroxylation sites is 1. The van der Waals surface area contributed by atoms with Gasteiger partial charge in [-0.3, -0.25) is 4.57 Å². The van der Waals surface area contributed by atoms with E-state index in [-0.39, 0.29) is 0 Å². The van der Waals surface area contributed by atoms with Gasteiger partial charge < -0.3 is 19.3 Å². The molecule has 5 nitrogen and oxygen atoms in total. The van der Waals surface area contributed by atoms with Crippen molar-refractivity contribution in [2.75, 3.05) is 19.5 Å². The summed E-state index contributed by atoms with van der Waals surface area (Å²) in [7, 11) is -0.608. The molecule has 3 rings (SSSR count). The predicted molar refractivity (Wildman–Crippen MR) is 100 cm³/mol. The van der Waals surface area contributed by atoms with Crippen LogP contribution in [0.2, 0.25) is 0 Å². The molecule has 24 heavy (non-hydrogen) atoms. The lowest BCUT2D eigenvalue weighted by Gasteiger charge is -2.26. The number of hydrogen-bond acceptors (Lipinski definition) is 4. The van der Waals surface area contributed by atoms with Gasteiger partial charge in [0.1, 0.15) is 0 Å². The van der Waals surface area contributed by atoms with Crippen LogP contribution in [-0.2, 0) is 13.6 Å². The molecule has 0 unspecified atom stereocenters. The van der Waals surface area contributed by atoms with E-state index in [1.54, 1.807) is 0 Å². The summed E-state index contributed by atoms with van der Waals surface area (Å²) in [6.45, 7) is 0. The Morgan fingerprint density at radius 1 is 1.08 bits per heavy atom. The van der Waals surface area contributed by atoms with E-state index < -0.39 is 13.4 Å². The SMILES string of the molecule is COP(=O)(OC)[C@H](Nc1ccc(Br)cc1)c1c[nH]c2ccccc12. The van der Waals surface area contributed by atoms with E-state index in [9.17, 15) is 4.57 Å². The van der Waals surface area contributed by atoms with Gasteiger partial charge in [0.25, 0.3) is 0 Å². The highest BCUT2D eigenvalue weighted by Crippen LogP contribution is 2.60. The molecule has 1 heterocycles. The molecule has 2 N–H and O–H groups in total. The fourth-order valence-electron chi connectivity index (χ4n) is 2.64. The molecular formula is C17H18BrN2O3P. The minimum absolute atomic E-state index is 0.634. The second-order valence-corrected chi connectivity index (χ2v) is 8.49. The van der Waals surface area contributed by atoms with Crippen LogP contribution in [0.1, 0.15) is 11.3 Å². The van der Waals surface area contributed by atoms with E-state index in [1.165, 1.54) is 14.2 Å². The van der Waals surface area contributed by atoms with E-state index in [1.807, 2.05) is 54.7 Å². The Morgan fingerprint density at radius 2 is 1.75 bits per heavy atom. The first-order valence-electron chi connectivity index (χ1n) is 7.36. The number of benzene rings is 2. The van der Waals surface area contributed by atoms with Gasteiger partial charge in [0.15, 0.2) is 5.78 Å². The van der Waals surface area contributed by atoms with Crippen molar-refractivity contribution in [1.82, 2.24) is 4.98 Å². The number of fused-ring (bicyclic) bond motifs is 1. The molecule has 0 spiro atoms. The summed E-state index contributed by atoms with van der Waals surface area (Å²) >= 11 is 3.41. The third-order valence-corrected chi connectivity index (χ3v) is 6.47. The first-order chi connectivity index (χ1) is 11.6. The van der Waals surface area contributed by atoms with Crippen LogP contribution in [0, 0.1) is 0 Å². The average molecular weight is 409 g/mol. The van der Waals surface area contributed by atoms with E-state index >= 15 is 0 Å². The van der Waals surface area contributed by atoms with Crippen LogP contribution in [0.25, 0.3) is 10.9 Å².